The Morgan fingerprint density at radius 1 is 1.53 bits per heavy atom. The van der Waals surface area contributed by atoms with Crippen molar-refractivity contribution in [3.63, 3.8) is 0 Å². The van der Waals surface area contributed by atoms with Gasteiger partial charge in [0.1, 0.15) is 6.04 Å². The van der Waals surface area contributed by atoms with Crippen LogP contribution < -0.4 is 11.1 Å². The van der Waals surface area contributed by atoms with Gasteiger partial charge in [-0.3, -0.25) is 4.79 Å². The van der Waals surface area contributed by atoms with Crippen LogP contribution in [0.2, 0.25) is 0 Å². The molecule has 0 bridgehead atoms. The fourth-order valence-corrected chi connectivity index (χ4v) is 1.19. The van der Waals surface area contributed by atoms with Crippen LogP contribution in [0.3, 0.4) is 0 Å². The Balaban J connectivity index is 2.62. The molecule has 3 N–H and O–H groups in total. The summed E-state index contributed by atoms with van der Waals surface area (Å²) in [4.78, 5) is 11.5. The lowest BCUT2D eigenvalue weighted by Crippen LogP contribution is -2.39. The van der Waals surface area contributed by atoms with Gasteiger partial charge in [0.2, 0.25) is 5.91 Å². The van der Waals surface area contributed by atoms with Crippen molar-refractivity contribution < 1.29 is 9.53 Å². The number of anilines is 1. The van der Waals surface area contributed by atoms with Crippen LogP contribution >= 0.6 is 0 Å². The molecule has 0 radical (unpaired) electrons. The Bertz CT molecular complexity index is 339. The van der Waals surface area contributed by atoms with Crippen LogP contribution in [0.25, 0.3) is 0 Å². The molecule has 4 heteroatoms. The molecule has 82 valence electrons. The minimum absolute atomic E-state index is 0.220. The Kier molecular flexibility index (Phi) is 4.27. The molecule has 0 spiro atoms. The number of benzene rings is 1. The molecule has 1 rings (SSSR count). The van der Waals surface area contributed by atoms with Gasteiger partial charge < -0.3 is 15.8 Å². The van der Waals surface area contributed by atoms with E-state index in [1.54, 1.807) is 0 Å². The van der Waals surface area contributed by atoms with Crippen LogP contribution in [0.4, 0.5) is 5.69 Å². The number of nitrogens with one attached hydrogen (secondary N) is 1. The first-order chi connectivity index (χ1) is 7.15. The van der Waals surface area contributed by atoms with Crippen molar-refractivity contribution in [1.82, 2.24) is 0 Å². The van der Waals surface area contributed by atoms with Gasteiger partial charge in [-0.25, -0.2) is 0 Å². The van der Waals surface area contributed by atoms with Crippen LogP contribution in [0.15, 0.2) is 24.3 Å². The van der Waals surface area contributed by atoms with Crippen LogP contribution in [-0.2, 0) is 9.53 Å². The summed E-state index contributed by atoms with van der Waals surface area (Å²) in [6, 6.07) is 6.92. The molecule has 1 aromatic carbocycles. The van der Waals surface area contributed by atoms with E-state index in [1.165, 1.54) is 7.11 Å². The highest BCUT2D eigenvalue weighted by atomic mass is 16.5. The molecule has 1 unspecified atom stereocenters. The Labute approximate surface area is 89.4 Å². The van der Waals surface area contributed by atoms with Crippen molar-refractivity contribution in [1.29, 1.82) is 0 Å². The van der Waals surface area contributed by atoms with Gasteiger partial charge >= 0.3 is 0 Å². The van der Waals surface area contributed by atoms with E-state index in [0.29, 0.717) is 0 Å². The third-order valence-corrected chi connectivity index (χ3v) is 2.09. The molecular formula is C11H16N2O2. The first-order valence-electron chi connectivity index (χ1n) is 4.76. The van der Waals surface area contributed by atoms with E-state index in [-0.39, 0.29) is 12.5 Å². The zero-order valence-electron chi connectivity index (χ0n) is 8.99. The number of nitrogens with two attached hydrogens (primary N) is 1. The summed E-state index contributed by atoms with van der Waals surface area (Å²) in [7, 11) is 1.51. The van der Waals surface area contributed by atoms with Crippen LogP contribution in [0.1, 0.15) is 5.56 Å². The molecule has 0 saturated carbocycles. The number of hydrogen-bond donors (Lipinski definition) is 2. The molecule has 0 aliphatic rings. The molecule has 0 aromatic heterocycles. The van der Waals surface area contributed by atoms with Crippen LogP contribution in [-0.4, -0.2) is 25.7 Å². The largest absolute Gasteiger partial charge is 0.383 e. The predicted molar refractivity (Wildman–Crippen MR) is 59.7 cm³/mol. The van der Waals surface area contributed by atoms with Gasteiger partial charge in [0.25, 0.3) is 0 Å². The SMILES string of the molecule is COCC(N)C(=O)Nc1ccccc1C. The molecule has 0 heterocycles. The minimum atomic E-state index is -0.630. The summed E-state index contributed by atoms with van der Waals surface area (Å²) >= 11 is 0. The standard InChI is InChI=1S/C11H16N2O2/c1-8-5-3-4-6-10(8)13-11(14)9(12)7-15-2/h3-6,9H,7,12H2,1-2H3,(H,13,14). The smallest absolute Gasteiger partial charge is 0.243 e. The number of amides is 1. The maximum atomic E-state index is 11.5. The number of hydrogen-bond acceptors (Lipinski definition) is 3. The van der Waals surface area contributed by atoms with Crippen molar-refractivity contribution >= 4 is 11.6 Å². The highest BCUT2D eigenvalue weighted by Crippen LogP contribution is 2.12. The highest BCUT2D eigenvalue weighted by molar-refractivity contribution is 5.95. The fourth-order valence-electron chi connectivity index (χ4n) is 1.19. The summed E-state index contributed by atoms with van der Waals surface area (Å²) in [6.07, 6.45) is 0. The summed E-state index contributed by atoms with van der Waals surface area (Å²) in [5.41, 5.74) is 7.38. The van der Waals surface area contributed by atoms with Gasteiger partial charge in [0.05, 0.1) is 6.61 Å². The van der Waals surface area contributed by atoms with Crippen molar-refractivity contribution in [3.05, 3.63) is 29.8 Å². The maximum absolute atomic E-state index is 11.5. The lowest BCUT2D eigenvalue weighted by molar-refractivity contribution is -0.118. The highest BCUT2D eigenvalue weighted by Gasteiger charge is 2.13. The van der Waals surface area contributed by atoms with E-state index in [0.717, 1.165) is 11.3 Å². The lowest BCUT2D eigenvalue weighted by atomic mass is 10.2. The van der Waals surface area contributed by atoms with E-state index < -0.39 is 6.04 Å². The molecule has 1 atom stereocenters. The molecular weight excluding hydrogens is 192 g/mol. The second-order valence-electron chi connectivity index (χ2n) is 3.37. The topological polar surface area (TPSA) is 64.3 Å². The lowest BCUT2D eigenvalue weighted by Gasteiger charge is -2.12. The number of para-hydroxylation sites is 1. The van der Waals surface area contributed by atoms with Crippen molar-refractivity contribution in [2.75, 3.05) is 19.0 Å². The van der Waals surface area contributed by atoms with Gasteiger partial charge in [-0.2, -0.15) is 0 Å². The van der Waals surface area contributed by atoms with Gasteiger partial charge in [0, 0.05) is 12.8 Å². The zero-order chi connectivity index (χ0) is 11.3. The van der Waals surface area contributed by atoms with Crippen LogP contribution in [0, 0.1) is 6.92 Å². The third kappa shape index (κ3) is 3.34. The van der Waals surface area contributed by atoms with Gasteiger partial charge in [-0.05, 0) is 18.6 Å². The number of carbonyl (C=O) groups excluding carboxylic acids is 1. The van der Waals surface area contributed by atoms with E-state index >= 15 is 0 Å². The number of methoxy groups -OCH3 is 1. The summed E-state index contributed by atoms with van der Waals surface area (Å²) in [5, 5.41) is 2.75. The van der Waals surface area contributed by atoms with Gasteiger partial charge in [-0.15, -0.1) is 0 Å². The summed E-state index contributed by atoms with van der Waals surface area (Å²) < 4.78 is 4.81. The third-order valence-electron chi connectivity index (χ3n) is 2.09. The number of carbonyl (C=O) groups is 1. The zero-order valence-corrected chi connectivity index (χ0v) is 8.99. The van der Waals surface area contributed by atoms with E-state index in [9.17, 15) is 4.79 Å². The first-order valence-corrected chi connectivity index (χ1v) is 4.76. The second kappa shape index (κ2) is 5.48. The number of ether oxygens (including phenoxy) is 1. The molecule has 0 aliphatic carbocycles. The average molecular weight is 208 g/mol. The van der Waals surface area contributed by atoms with Crippen molar-refractivity contribution in [3.8, 4) is 0 Å². The van der Waals surface area contributed by atoms with Gasteiger partial charge in [0.15, 0.2) is 0 Å². The average Bonchev–Trinajstić information content (AvgIpc) is 2.21. The van der Waals surface area contributed by atoms with Crippen molar-refractivity contribution in [2.45, 2.75) is 13.0 Å². The molecule has 1 amide bonds. The fraction of sp³-hybridized carbons (Fsp3) is 0.364. The first kappa shape index (κ1) is 11.7. The second-order valence-corrected chi connectivity index (χ2v) is 3.37. The Hall–Kier alpha value is -1.39. The molecule has 15 heavy (non-hydrogen) atoms. The maximum Gasteiger partial charge on any atom is 0.243 e. The molecule has 1 aromatic rings. The molecule has 0 saturated heterocycles. The quantitative estimate of drug-likeness (QED) is 0.773. The minimum Gasteiger partial charge on any atom is -0.383 e. The summed E-state index contributed by atoms with van der Waals surface area (Å²) in [5.74, 6) is -0.230. The monoisotopic (exact) mass is 208 g/mol. The molecule has 4 nitrogen and oxygen atoms in total. The Morgan fingerprint density at radius 3 is 2.80 bits per heavy atom. The molecule has 0 fully saturated rings. The normalized spacial score (nSPS) is 12.2. The predicted octanol–water partition coefficient (Wildman–Crippen LogP) is 0.907. The van der Waals surface area contributed by atoms with Crippen LogP contribution in [0.5, 0.6) is 0 Å². The van der Waals surface area contributed by atoms with E-state index in [2.05, 4.69) is 5.32 Å². The molecule has 0 aliphatic heterocycles. The van der Waals surface area contributed by atoms with E-state index in [1.807, 2.05) is 31.2 Å². The number of aryl methyl sites for hydroxylation is 1. The Morgan fingerprint density at radius 2 is 2.20 bits per heavy atom. The number of rotatable bonds is 4. The summed E-state index contributed by atoms with van der Waals surface area (Å²) in [6.45, 7) is 2.15. The van der Waals surface area contributed by atoms with Gasteiger partial charge in [-0.1, -0.05) is 18.2 Å². The van der Waals surface area contributed by atoms with Crippen molar-refractivity contribution in [2.24, 2.45) is 5.73 Å². The van der Waals surface area contributed by atoms with E-state index in [4.69, 9.17) is 10.5 Å².